The van der Waals surface area contributed by atoms with Gasteiger partial charge in [-0.05, 0) is 47.2 Å². The molecule has 1 unspecified atom stereocenters. The van der Waals surface area contributed by atoms with Gasteiger partial charge < -0.3 is 11.1 Å². The van der Waals surface area contributed by atoms with Gasteiger partial charge in [0.05, 0.1) is 5.70 Å². The molecule has 5 nitrogen and oxygen atoms in total. The molecule has 0 radical (unpaired) electrons. The summed E-state index contributed by atoms with van der Waals surface area (Å²) in [7, 11) is 0. The molecule has 1 saturated carbocycles. The smallest absolute Gasteiger partial charge is 0.228 e. The van der Waals surface area contributed by atoms with Crippen LogP contribution in [0.25, 0.3) is 5.57 Å². The number of aldehydes is 1. The van der Waals surface area contributed by atoms with Crippen molar-refractivity contribution in [2.24, 2.45) is 11.7 Å². The summed E-state index contributed by atoms with van der Waals surface area (Å²) in [6.45, 7) is 0. The standard InChI is InChI=1S/C20H19N3O2/c21-12-16(14-6-8-22-9-7-14)10-17(13-24)23-20(25)19-11-18(19)15-4-2-1-3-5-15/h1-10,12-13,18-19H,11,21H2,(H,23,25)/b16-12+,17-10+/t18-,19?/m0/s1. The van der Waals surface area contributed by atoms with E-state index in [-0.39, 0.29) is 23.4 Å². The van der Waals surface area contributed by atoms with Gasteiger partial charge in [0, 0.05) is 24.5 Å². The molecule has 0 aliphatic heterocycles. The minimum atomic E-state index is -0.140. The highest BCUT2D eigenvalue weighted by Crippen LogP contribution is 2.47. The van der Waals surface area contributed by atoms with E-state index in [1.165, 1.54) is 6.20 Å². The fourth-order valence-electron chi connectivity index (χ4n) is 2.83. The Morgan fingerprint density at radius 1 is 1.16 bits per heavy atom. The number of benzene rings is 1. The Morgan fingerprint density at radius 3 is 2.52 bits per heavy atom. The van der Waals surface area contributed by atoms with Gasteiger partial charge >= 0.3 is 0 Å². The van der Waals surface area contributed by atoms with Gasteiger partial charge in [-0.25, -0.2) is 0 Å². The van der Waals surface area contributed by atoms with Crippen LogP contribution in [0, 0.1) is 5.92 Å². The van der Waals surface area contributed by atoms with Gasteiger partial charge in [0.15, 0.2) is 6.29 Å². The molecule has 1 amide bonds. The van der Waals surface area contributed by atoms with Crippen LogP contribution in [-0.2, 0) is 9.59 Å². The minimum absolute atomic E-state index is 0.100. The number of allylic oxidation sites excluding steroid dienone is 3. The summed E-state index contributed by atoms with van der Waals surface area (Å²) in [5.74, 6) is -0.0193. The van der Waals surface area contributed by atoms with Crippen molar-refractivity contribution in [3.8, 4) is 0 Å². The Bertz CT molecular complexity index is 813. The SMILES string of the molecule is N/C=C(\C=C(/C=O)NC(=O)C1C[C@H]1c1ccccc1)c1ccncc1. The number of nitrogens with two attached hydrogens (primary N) is 1. The lowest BCUT2D eigenvalue weighted by molar-refractivity contribution is -0.122. The normalized spacial score (nSPS) is 20.0. The summed E-state index contributed by atoms with van der Waals surface area (Å²) in [5.41, 5.74) is 8.45. The number of carbonyl (C=O) groups excluding carboxylic acids is 2. The molecule has 126 valence electrons. The Morgan fingerprint density at radius 2 is 1.88 bits per heavy atom. The van der Waals surface area contributed by atoms with Gasteiger partial charge in [-0.1, -0.05) is 30.3 Å². The Hall–Kier alpha value is -3.21. The van der Waals surface area contributed by atoms with Crippen LogP contribution in [0.2, 0.25) is 0 Å². The lowest BCUT2D eigenvalue weighted by atomic mass is 10.1. The van der Waals surface area contributed by atoms with E-state index in [2.05, 4.69) is 10.3 Å². The molecule has 1 heterocycles. The predicted molar refractivity (Wildman–Crippen MR) is 96.0 cm³/mol. The van der Waals surface area contributed by atoms with Crippen molar-refractivity contribution in [2.45, 2.75) is 12.3 Å². The third-order valence-corrected chi connectivity index (χ3v) is 4.25. The third kappa shape index (κ3) is 4.01. The van der Waals surface area contributed by atoms with Crippen LogP contribution in [0.3, 0.4) is 0 Å². The van der Waals surface area contributed by atoms with E-state index >= 15 is 0 Å². The number of amides is 1. The molecule has 25 heavy (non-hydrogen) atoms. The second-order valence-electron chi connectivity index (χ2n) is 5.92. The summed E-state index contributed by atoms with van der Waals surface area (Å²) in [6, 6.07) is 13.5. The highest BCUT2D eigenvalue weighted by atomic mass is 16.2. The van der Waals surface area contributed by atoms with Crippen LogP contribution in [0.5, 0.6) is 0 Å². The van der Waals surface area contributed by atoms with Crippen LogP contribution in [0.4, 0.5) is 0 Å². The molecule has 0 bridgehead atoms. The summed E-state index contributed by atoms with van der Waals surface area (Å²) in [4.78, 5) is 27.7. The average molecular weight is 333 g/mol. The minimum Gasteiger partial charge on any atom is -0.404 e. The van der Waals surface area contributed by atoms with E-state index in [9.17, 15) is 9.59 Å². The van der Waals surface area contributed by atoms with Gasteiger partial charge in [-0.2, -0.15) is 0 Å². The number of carbonyl (C=O) groups is 2. The topological polar surface area (TPSA) is 85.1 Å². The molecule has 0 spiro atoms. The fraction of sp³-hybridized carbons (Fsp3) is 0.150. The van der Waals surface area contributed by atoms with Crippen LogP contribution in [0.1, 0.15) is 23.5 Å². The number of nitrogens with zero attached hydrogens (tertiary/aromatic N) is 1. The number of pyridine rings is 1. The molecule has 0 saturated heterocycles. The van der Waals surface area contributed by atoms with Crippen LogP contribution < -0.4 is 11.1 Å². The van der Waals surface area contributed by atoms with Crippen molar-refractivity contribution in [1.29, 1.82) is 0 Å². The summed E-state index contributed by atoms with van der Waals surface area (Å²) >= 11 is 0. The van der Waals surface area contributed by atoms with Crippen molar-refractivity contribution in [1.82, 2.24) is 10.3 Å². The molecule has 2 atom stereocenters. The second kappa shape index (κ2) is 7.57. The number of rotatable bonds is 6. The molecule has 3 N–H and O–H groups in total. The van der Waals surface area contributed by atoms with E-state index in [1.807, 2.05) is 30.3 Å². The van der Waals surface area contributed by atoms with Gasteiger partial charge in [-0.3, -0.25) is 14.6 Å². The monoisotopic (exact) mass is 333 g/mol. The molecule has 1 aromatic heterocycles. The van der Waals surface area contributed by atoms with E-state index < -0.39 is 0 Å². The molecule has 3 rings (SSSR count). The zero-order valence-corrected chi connectivity index (χ0v) is 13.6. The zero-order chi connectivity index (χ0) is 17.6. The lowest BCUT2D eigenvalue weighted by Crippen LogP contribution is -2.25. The van der Waals surface area contributed by atoms with Crippen molar-refractivity contribution in [2.75, 3.05) is 0 Å². The molecule has 1 fully saturated rings. The average Bonchev–Trinajstić information content (AvgIpc) is 3.47. The number of hydrogen-bond acceptors (Lipinski definition) is 4. The summed E-state index contributed by atoms with van der Waals surface area (Å²) in [6.07, 6.45) is 7.67. The quantitative estimate of drug-likeness (QED) is 0.483. The highest BCUT2D eigenvalue weighted by molar-refractivity contribution is 5.92. The summed E-state index contributed by atoms with van der Waals surface area (Å²) in [5, 5.41) is 2.71. The van der Waals surface area contributed by atoms with Crippen molar-refractivity contribution in [3.05, 3.63) is 84.0 Å². The van der Waals surface area contributed by atoms with E-state index in [4.69, 9.17) is 5.73 Å². The second-order valence-corrected chi connectivity index (χ2v) is 5.92. The predicted octanol–water partition coefficient (Wildman–Crippen LogP) is 2.38. The Balaban J connectivity index is 1.68. The van der Waals surface area contributed by atoms with E-state index in [0.29, 0.717) is 11.9 Å². The Labute approximate surface area is 146 Å². The van der Waals surface area contributed by atoms with Crippen LogP contribution in [0.15, 0.2) is 72.8 Å². The van der Waals surface area contributed by atoms with Crippen molar-refractivity contribution < 1.29 is 9.59 Å². The van der Waals surface area contributed by atoms with Gasteiger partial charge in [0.1, 0.15) is 0 Å². The van der Waals surface area contributed by atoms with Crippen molar-refractivity contribution in [3.63, 3.8) is 0 Å². The first-order valence-corrected chi connectivity index (χ1v) is 8.08. The first kappa shape index (κ1) is 16.6. The molecule has 1 aliphatic carbocycles. The largest absolute Gasteiger partial charge is 0.404 e. The number of nitrogens with one attached hydrogen (secondary N) is 1. The highest BCUT2D eigenvalue weighted by Gasteiger charge is 2.43. The molecular weight excluding hydrogens is 314 g/mol. The molecule has 5 heteroatoms. The van der Waals surface area contributed by atoms with E-state index in [0.717, 1.165) is 17.5 Å². The maximum atomic E-state index is 12.4. The molecule has 2 aromatic rings. The van der Waals surface area contributed by atoms with Crippen LogP contribution in [-0.4, -0.2) is 17.2 Å². The lowest BCUT2D eigenvalue weighted by Gasteiger charge is -2.07. The molecule has 1 aromatic carbocycles. The van der Waals surface area contributed by atoms with E-state index in [1.54, 1.807) is 30.6 Å². The number of aromatic nitrogens is 1. The Kier molecular flexibility index (Phi) is 5.04. The van der Waals surface area contributed by atoms with Crippen molar-refractivity contribution >= 4 is 17.8 Å². The fourth-order valence-corrected chi connectivity index (χ4v) is 2.83. The first-order valence-electron chi connectivity index (χ1n) is 8.08. The van der Waals surface area contributed by atoms with Gasteiger partial charge in [-0.15, -0.1) is 0 Å². The maximum Gasteiger partial charge on any atom is 0.228 e. The zero-order valence-electron chi connectivity index (χ0n) is 13.6. The van der Waals surface area contributed by atoms with Gasteiger partial charge in [0.2, 0.25) is 5.91 Å². The van der Waals surface area contributed by atoms with Crippen LogP contribution >= 0.6 is 0 Å². The molecule has 1 aliphatic rings. The summed E-state index contributed by atoms with van der Waals surface area (Å²) < 4.78 is 0. The van der Waals surface area contributed by atoms with Gasteiger partial charge in [0.25, 0.3) is 0 Å². The first-order chi connectivity index (χ1) is 12.2. The third-order valence-electron chi connectivity index (χ3n) is 4.25. The number of hydrogen-bond donors (Lipinski definition) is 2. The maximum absolute atomic E-state index is 12.4. The molecular formula is C20H19N3O2.